The van der Waals surface area contributed by atoms with Crippen LogP contribution in [-0.4, -0.2) is 40.0 Å². The summed E-state index contributed by atoms with van der Waals surface area (Å²) in [5.41, 5.74) is 2.89. The third-order valence-corrected chi connectivity index (χ3v) is 5.28. The van der Waals surface area contributed by atoms with Crippen LogP contribution in [0.5, 0.6) is 0 Å². The molecule has 1 fully saturated rings. The number of benzene rings is 1. The third kappa shape index (κ3) is 4.18. The number of hydrogen-bond donors (Lipinski definition) is 2. The van der Waals surface area contributed by atoms with E-state index < -0.39 is 10.0 Å². The molecule has 6 heteroatoms. The lowest BCUT2D eigenvalue weighted by Gasteiger charge is -2.29. The fourth-order valence-corrected chi connectivity index (χ4v) is 3.32. The van der Waals surface area contributed by atoms with Gasteiger partial charge in [0.05, 0.1) is 4.90 Å². The lowest BCUT2D eigenvalue weighted by atomic mass is 9.97. The number of likely N-dealkylation sites (tertiary alicyclic amines) is 1. The van der Waals surface area contributed by atoms with Crippen LogP contribution in [0.15, 0.2) is 17.0 Å². The number of nitrogens with two attached hydrogens (primary N) is 1. The second-order valence-electron chi connectivity index (χ2n) is 6.09. The van der Waals surface area contributed by atoms with Crippen LogP contribution < -0.4 is 10.5 Å². The van der Waals surface area contributed by atoms with E-state index in [-0.39, 0.29) is 4.90 Å². The van der Waals surface area contributed by atoms with Gasteiger partial charge in [-0.2, -0.15) is 0 Å². The van der Waals surface area contributed by atoms with Crippen molar-refractivity contribution in [3.8, 4) is 0 Å². The lowest BCUT2D eigenvalue weighted by Crippen LogP contribution is -2.33. The van der Waals surface area contributed by atoms with Crippen molar-refractivity contribution in [1.82, 2.24) is 4.90 Å². The summed E-state index contributed by atoms with van der Waals surface area (Å²) in [7, 11) is -1.52. The Bertz CT molecular complexity index is 606. The zero-order valence-corrected chi connectivity index (χ0v) is 13.8. The molecule has 21 heavy (non-hydrogen) atoms. The highest BCUT2D eigenvalue weighted by molar-refractivity contribution is 7.89. The van der Waals surface area contributed by atoms with Gasteiger partial charge in [-0.1, -0.05) is 0 Å². The smallest absolute Gasteiger partial charge is 0.238 e. The number of hydrogen-bond acceptors (Lipinski definition) is 4. The Morgan fingerprint density at radius 2 is 1.90 bits per heavy atom. The van der Waals surface area contributed by atoms with E-state index in [1.54, 1.807) is 12.1 Å². The van der Waals surface area contributed by atoms with E-state index in [1.807, 2.05) is 13.8 Å². The third-order valence-electron chi connectivity index (χ3n) is 4.39. The largest absolute Gasteiger partial charge is 0.385 e. The standard InChI is InChI=1S/C15H25N3O2S/c1-11-8-14(21(16,19)20)9-15(12(11)2)17-10-13-4-6-18(3)7-5-13/h8-9,13,17H,4-7,10H2,1-3H3,(H2,16,19,20). The molecule has 0 spiro atoms. The molecule has 0 aliphatic carbocycles. The first-order chi connectivity index (χ1) is 9.77. The van der Waals surface area contributed by atoms with Gasteiger partial charge in [0.2, 0.25) is 10.0 Å². The Labute approximate surface area is 127 Å². The Hall–Kier alpha value is -1.11. The van der Waals surface area contributed by atoms with Gasteiger partial charge in [-0.25, -0.2) is 13.6 Å². The molecule has 0 amide bonds. The van der Waals surface area contributed by atoms with Crippen LogP contribution in [0.4, 0.5) is 5.69 Å². The highest BCUT2D eigenvalue weighted by Crippen LogP contribution is 2.25. The summed E-state index contributed by atoms with van der Waals surface area (Å²) >= 11 is 0. The van der Waals surface area contributed by atoms with Crippen LogP contribution in [-0.2, 0) is 10.0 Å². The molecule has 0 saturated carbocycles. The summed E-state index contributed by atoms with van der Waals surface area (Å²) in [5, 5.41) is 8.65. The topological polar surface area (TPSA) is 75.4 Å². The van der Waals surface area contributed by atoms with Crippen molar-refractivity contribution >= 4 is 15.7 Å². The minimum Gasteiger partial charge on any atom is -0.385 e. The van der Waals surface area contributed by atoms with E-state index in [0.717, 1.165) is 36.4 Å². The lowest BCUT2D eigenvalue weighted by molar-refractivity contribution is 0.226. The van der Waals surface area contributed by atoms with Gasteiger partial charge < -0.3 is 10.2 Å². The van der Waals surface area contributed by atoms with Gasteiger partial charge in [-0.15, -0.1) is 0 Å². The molecule has 2 rings (SSSR count). The fourth-order valence-electron chi connectivity index (χ4n) is 2.69. The molecular weight excluding hydrogens is 286 g/mol. The van der Waals surface area contributed by atoms with E-state index in [4.69, 9.17) is 5.14 Å². The monoisotopic (exact) mass is 311 g/mol. The van der Waals surface area contributed by atoms with Crippen molar-refractivity contribution in [2.24, 2.45) is 11.1 Å². The maximum Gasteiger partial charge on any atom is 0.238 e. The van der Waals surface area contributed by atoms with Crippen molar-refractivity contribution in [2.75, 3.05) is 32.0 Å². The summed E-state index contributed by atoms with van der Waals surface area (Å²) < 4.78 is 23.1. The molecule has 1 aromatic carbocycles. The summed E-state index contributed by atoms with van der Waals surface area (Å²) in [5.74, 6) is 0.638. The summed E-state index contributed by atoms with van der Waals surface area (Å²) in [4.78, 5) is 2.52. The maximum absolute atomic E-state index is 11.5. The van der Waals surface area contributed by atoms with Gasteiger partial charge >= 0.3 is 0 Å². The molecule has 0 atom stereocenters. The molecule has 1 aromatic rings. The molecule has 1 heterocycles. The summed E-state index contributed by atoms with van der Waals surface area (Å²) in [6, 6.07) is 3.28. The van der Waals surface area contributed by atoms with Gasteiger partial charge in [-0.3, -0.25) is 0 Å². The number of piperidine rings is 1. The van der Waals surface area contributed by atoms with Gasteiger partial charge in [0.1, 0.15) is 0 Å². The average Bonchev–Trinajstić information content (AvgIpc) is 2.41. The maximum atomic E-state index is 11.5. The van der Waals surface area contributed by atoms with Crippen molar-refractivity contribution in [2.45, 2.75) is 31.6 Å². The fraction of sp³-hybridized carbons (Fsp3) is 0.600. The molecule has 1 aliphatic rings. The predicted octanol–water partition coefficient (Wildman–Crippen LogP) is 1.70. The Kier molecular flexibility index (Phi) is 4.91. The van der Waals surface area contributed by atoms with E-state index in [0.29, 0.717) is 5.92 Å². The summed E-state index contributed by atoms with van der Waals surface area (Å²) in [6.07, 6.45) is 2.35. The average molecular weight is 311 g/mol. The molecule has 1 aliphatic heterocycles. The Morgan fingerprint density at radius 3 is 2.48 bits per heavy atom. The highest BCUT2D eigenvalue weighted by Gasteiger charge is 2.17. The quantitative estimate of drug-likeness (QED) is 0.887. The van der Waals surface area contributed by atoms with E-state index >= 15 is 0 Å². The van der Waals surface area contributed by atoms with Crippen LogP contribution >= 0.6 is 0 Å². The highest BCUT2D eigenvalue weighted by atomic mass is 32.2. The van der Waals surface area contributed by atoms with Crippen LogP contribution in [0.25, 0.3) is 0 Å². The molecule has 118 valence electrons. The molecule has 0 radical (unpaired) electrons. The first-order valence-electron chi connectivity index (χ1n) is 7.34. The Morgan fingerprint density at radius 1 is 1.29 bits per heavy atom. The minimum atomic E-state index is -3.66. The second-order valence-corrected chi connectivity index (χ2v) is 7.65. The van der Waals surface area contributed by atoms with Gasteiger partial charge in [-0.05, 0) is 76.0 Å². The number of sulfonamides is 1. The Balaban J connectivity index is 2.11. The van der Waals surface area contributed by atoms with Crippen molar-refractivity contribution in [3.63, 3.8) is 0 Å². The molecule has 0 bridgehead atoms. The number of primary sulfonamides is 1. The second kappa shape index (κ2) is 6.34. The number of aryl methyl sites for hydroxylation is 1. The van der Waals surface area contributed by atoms with Crippen LogP contribution in [0.2, 0.25) is 0 Å². The SMILES string of the molecule is Cc1cc(S(N)(=O)=O)cc(NCC2CCN(C)CC2)c1C. The molecule has 5 nitrogen and oxygen atoms in total. The zero-order chi connectivity index (χ0) is 15.6. The minimum absolute atomic E-state index is 0.177. The number of anilines is 1. The van der Waals surface area contributed by atoms with Crippen LogP contribution in [0.1, 0.15) is 24.0 Å². The van der Waals surface area contributed by atoms with Crippen molar-refractivity contribution in [1.29, 1.82) is 0 Å². The molecule has 3 N–H and O–H groups in total. The van der Waals surface area contributed by atoms with Crippen LogP contribution in [0, 0.1) is 19.8 Å². The number of rotatable bonds is 4. The van der Waals surface area contributed by atoms with E-state index in [9.17, 15) is 8.42 Å². The first kappa shape index (κ1) is 16.3. The van der Waals surface area contributed by atoms with Gasteiger partial charge in [0.15, 0.2) is 0 Å². The summed E-state index contributed by atoms with van der Waals surface area (Å²) in [6.45, 7) is 7.04. The van der Waals surface area contributed by atoms with E-state index in [1.165, 1.54) is 12.8 Å². The van der Waals surface area contributed by atoms with Crippen molar-refractivity contribution < 1.29 is 8.42 Å². The van der Waals surface area contributed by atoms with Crippen molar-refractivity contribution in [3.05, 3.63) is 23.3 Å². The molecule has 0 aromatic heterocycles. The van der Waals surface area contributed by atoms with E-state index in [2.05, 4.69) is 17.3 Å². The number of nitrogens with one attached hydrogen (secondary N) is 1. The molecule has 0 unspecified atom stereocenters. The van der Waals surface area contributed by atoms with Gasteiger partial charge in [0, 0.05) is 12.2 Å². The first-order valence-corrected chi connectivity index (χ1v) is 8.88. The number of nitrogens with zero attached hydrogens (tertiary/aromatic N) is 1. The van der Waals surface area contributed by atoms with Gasteiger partial charge in [0.25, 0.3) is 0 Å². The molecule has 1 saturated heterocycles. The predicted molar refractivity (Wildman–Crippen MR) is 86.0 cm³/mol. The normalized spacial score (nSPS) is 17.9. The zero-order valence-electron chi connectivity index (χ0n) is 13.0. The van der Waals surface area contributed by atoms with Crippen LogP contribution in [0.3, 0.4) is 0 Å². The molecular formula is C15H25N3O2S.